The minimum absolute atomic E-state index is 0.0282. The van der Waals surface area contributed by atoms with Crippen LogP contribution in [0, 0.1) is 5.41 Å². The lowest BCUT2D eigenvalue weighted by atomic mass is 9.70. The highest BCUT2D eigenvalue weighted by molar-refractivity contribution is 7.90. The summed E-state index contributed by atoms with van der Waals surface area (Å²) in [5, 5.41) is 4.34. The van der Waals surface area contributed by atoms with Crippen molar-refractivity contribution in [2.24, 2.45) is 5.41 Å². The smallest absolute Gasteiger partial charge is 0.345 e. The summed E-state index contributed by atoms with van der Waals surface area (Å²) in [6.07, 6.45) is 5.43. The Morgan fingerprint density at radius 1 is 1.24 bits per heavy atom. The second-order valence-electron chi connectivity index (χ2n) is 7.69. The molecule has 9 nitrogen and oxygen atoms in total. The average Bonchev–Trinajstić information content (AvgIpc) is 3.19. The van der Waals surface area contributed by atoms with Gasteiger partial charge in [-0.2, -0.15) is 0 Å². The summed E-state index contributed by atoms with van der Waals surface area (Å²) in [5.41, 5.74) is -0.698. The van der Waals surface area contributed by atoms with Crippen molar-refractivity contribution in [1.82, 2.24) is 9.78 Å². The van der Waals surface area contributed by atoms with Gasteiger partial charge in [0.05, 0.1) is 23.8 Å². The van der Waals surface area contributed by atoms with Gasteiger partial charge in [0.2, 0.25) is 5.88 Å². The Morgan fingerprint density at radius 3 is 2.41 bits per heavy atom. The molecule has 0 saturated heterocycles. The predicted molar refractivity (Wildman–Crippen MR) is 103 cm³/mol. The van der Waals surface area contributed by atoms with Crippen LogP contribution in [0.4, 0.5) is 0 Å². The van der Waals surface area contributed by atoms with E-state index < -0.39 is 21.2 Å². The zero-order chi connectivity index (χ0) is 21.2. The summed E-state index contributed by atoms with van der Waals surface area (Å²) in [7, 11) is -3.21. The second kappa shape index (κ2) is 8.25. The largest absolute Gasteiger partial charge is 0.475 e. The third-order valence-corrected chi connectivity index (χ3v) is 6.62. The Bertz CT molecular complexity index is 893. The van der Waals surface area contributed by atoms with Gasteiger partial charge in [0, 0.05) is 25.3 Å². The SMILES string of the molecule is CCOC(=O)c1cn(C2CCC3(CC2)C(=O)CCC3=O)nc1OCCS(C)(=O)=O. The van der Waals surface area contributed by atoms with Crippen molar-refractivity contribution < 1.29 is 32.3 Å². The first-order valence-electron chi connectivity index (χ1n) is 9.79. The molecule has 2 saturated carbocycles. The van der Waals surface area contributed by atoms with Crippen LogP contribution in [0.15, 0.2) is 6.20 Å². The van der Waals surface area contributed by atoms with Crippen molar-refractivity contribution in [1.29, 1.82) is 0 Å². The number of hydrogen-bond acceptors (Lipinski definition) is 8. The molecule has 0 atom stereocenters. The van der Waals surface area contributed by atoms with E-state index in [1.54, 1.807) is 11.6 Å². The van der Waals surface area contributed by atoms with Gasteiger partial charge in [0.15, 0.2) is 9.84 Å². The molecule has 1 heterocycles. The Hall–Kier alpha value is -2.23. The third kappa shape index (κ3) is 4.52. The molecule has 1 aromatic rings. The molecular formula is C19H26N2O7S. The van der Waals surface area contributed by atoms with Gasteiger partial charge < -0.3 is 9.47 Å². The maximum Gasteiger partial charge on any atom is 0.345 e. The van der Waals surface area contributed by atoms with Crippen LogP contribution < -0.4 is 4.74 Å². The summed E-state index contributed by atoms with van der Waals surface area (Å²) in [4.78, 5) is 36.7. The molecule has 0 aliphatic heterocycles. The van der Waals surface area contributed by atoms with E-state index in [0.717, 1.165) is 6.26 Å². The molecule has 1 aromatic heterocycles. The fraction of sp³-hybridized carbons (Fsp3) is 0.684. The highest BCUT2D eigenvalue weighted by atomic mass is 32.2. The van der Waals surface area contributed by atoms with Gasteiger partial charge in [-0.25, -0.2) is 13.2 Å². The Morgan fingerprint density at radius 2 is 1.86 bits per heavy atom. The van der Waals surface area contributed by atoms with Crippen LogP contribution in [-0.2, 0) is 24.2 Å². The first kappa shape index (κ1) is 21.5. The number of nitrogens with zero attached hydrogens (tertiary/aromatic N) is 2. The van der Waals surface area contributed by atoms with Crippen molar-refractivity contribution in [2.75, 3.05) is 25.2 Å². The number of sulfone groups is 1. The summed E-state index contributed by atoms with van der Waals surface area (Å²) >= 11 is 0. The summed E-state index contributed by atoms with van der Waals surface area (Å²) < 4.78 is 34.7. The molecule has 160 valence electrons. The molecule has 2 fully saturated rings. The molecule has 0 amide bonds. The van der Waals surface area contributed by atoms with E-state index in [9.17, 15) is 22.8 Å². The van der Waals surface area contributed by atoms with E-state index in [4.69, 9.17) is 9.47 Å². The Labute approximate surface area is 169 Å². The van der Waals surface area contributed by atoms with Gasteiger partial charge in [-0.05, 0) is 32.6 Å². The van der Waals surface area contributed by atoms with Gasteiger partial charge in [-0.3, -0.25) is 14.3 Å². The quantitative estimate of drug-likeness (QED) is 0.475. The minimum Gasteiger partial charge on any atom is -0.475 e. The van der Waals surface area contributed by atoms with Gasteiger partial charge in [0.1, 0.15) is 23.7 Å². The zero-order valence-electron chi connectivity index (χ0n) is 16.7. The zero-order valence-corrected chi connectivity index (χ0v) is 17.5. The second-order valence-corrected chi connectivity index (χ2v) is 9.95. The van der Waals surface area contributed by atoms with Crippen molar-refractivity contribution in [3.05, 3.63) is 11.8 Å². The topological polar surface area (TPSA) is 122 Å². The van der Waals surface area contributed by atoms with Crippen molar-refractivity contribution in [3.63, 3.8) is 0 Å². The van der Waals surface area contributed by atoms with E-state index in [1.807, 2.05) is 0 Å². The van der Waals surface area contributed by atoms with E-state index in [1.165, 1.54) is 6.20 Å². The predicted octanol–water partition coefficient (Wildman–Crippen LogP) is 1.52. The molecule has 0 N–H and O–H groups in total. The molecule has 0 aromatic carbocycles. The fourth-order valence-electron chi connectivity index (χ4n) is 4.09. The first-order chi connectivity index (χ1) is 13.7. The molecule has 29 heavy (non-hydrogen) atoms. The lowest BCUT2D eigenvalue weighted by Gasteiger charge is -2.34. The summed E-state index contributed by atoms with van der Waals surface area (Å²) in [6, 6.07) is -0.0812. The van der Waals surface area contributed by atoms with Crippen LogP contribution in [-0.4, -0.2) is 61.0 Å². The number of carbonyl (C=O) groups excluding carboxylic acids is 3. The maximum atomic E-state index is 12.2. The van der Waals surface area contributed by atoms with Crippen molar-refractivity contribution in [3.8, 4) is 5.88 Å². The van der Waals surface area contributed by atoms with Crippen LogP contribution in [0.5, 0.6) is 5.88 Å². The van der Waals surface area contributed by atoms with Crippen molar-refractivity contribution >= 4 is 27.4 Å². The fourth-order valence-corrected chi connectivity index (χ4v) is 4.47. The number of aromatic nitrogens is 2. The number of Topliss-reactive ketones (excluding diaryl/α,β-unsaturated/α-hetero) is 2. The monoisotopic (exact) mass is 426 g/mol. The normalized spacial score (nSPS) is 19.7. The number of carbonyl (C=O) groups is 3. The number of hydrogen-bond donors (Lipinski definition) is 0. The van der Waals surface area contributed by atoms with Crippen LogP contribution in [0.2, 0.25) is 0 Å². The highest BCUT2D eigenvalue weighted by Crippen LogP contribution is 2.47. The lowest BCUT2D eigenvalue weighted by Crippen LogP contribution is -2.37. The lowest BCUT2D eigenvalue weighted by molar-refractivity contribution is -0.137. The van der Waals surface area contributed by atoms with Crippen LogP contribution in [0.1, 0.15) is 61.8 Å². The van der Waals surface area contributed by atoms with Gasteiger partial charge in [-0.15, -0.1) is 5.10 Å². The molecule has 10 heteroatoms. The third-order valence-electron chi connectivity index (χ3n) is 5.72. The molecule has 0 radical (unpaired) electrons. The molecular weight excluding hydrogens is 400 g/mol. The standard InChI is InChI=1S/C19H26N2O7S/c1-3-27-18(24)14-12-21(20-17(14)28-10-11-29(2,25)26)13-6-8-19(9-7-13)15(22)4-5-16(19)23/h12-13H,3-11H2,1-2H3. The molecule has 2 aliphatic carbocycles. The van der Waals surface area contributed by atoms with Crippen LogP contribution in [0.3, 0.4) is 0 Å². The molecule has 0 bridgehead atoms. The molecule has 0 unspecified atom stereocenters. The summed E-state index contributed by atoms with van der Waals surface area (Å²) in [5.74, 6) is -0.683. The van der Waals surface area contributed by atoms with Gasteiger partial charge in [-0.1, -0.05) is 0 Å². The van der Waals surface area contributed by atoms with E-state index in [2.05, 4.69) is 5.10 Å². The number of esters is 1. The molecule has 3 rings (SSSR count). The van der Waals surface area contributed by atoms with E-state index in [0.29, 0.717) is 38.5 Å². The Balaban J connectivity index is 1.75. The number of ketones is 2. The number of ether oxygens (including phenoxy) is 2. The molecule has 2 aliphatic rings. The van der Waals surface area contributed by atoms with Gasteiger partial charge >= 0.3 is 5.97 Å². The van der Waals surface area contributed by atoms with Crippen LogP contribution >= 0.6 is 0 Å². The average molecular weight is 426 g/mol. The first-order valence-corrected chi connectivity index (χ1v) is 11.9. The number of rotatable bonds is 7. The highest BCUT2D eigenvalue weighted by Gasteiger charge is 2.51. The summed E-state index contributed by atoms with van der Waals surface area (Å²) in [6.45, 7) is 1.74. The van der Waals surface area contributed by atoms with Crippen LogP contribution in [0.25, 0.3) is 0 Å². The maximum absolute atomic E-state index is 12.2. The van der Waals surface area contributed by atoms with E-state index in [-0.39, 0.29) is 48.0 Å². The minimum atomic E-state index is -3.21. The van der Waals surface area contributed by atoms with Gasteiger partial charge in [0.25, 0.3) is 0 Å². The van der Waals surface area contributed by atoms with E-state index >= 15 is 0 Å². The van der Waals surface area contributed by atoms with Crippen molar-refractivity contribution in [2.45, 2.75) is 51.5 Å². The molecule has 1 spiro atoms. The Kier molecular flexibility index (Phi) is 6.11.